The van der Waals surface area contributed by atoms with Crippen LogP contribution in [-0.2, 0) is 22.5 Å². The average Bonchev–Trinajstić information content (AvgIpc) is 2.69. The van der Waals surface area contributed by atoms with E-state index >= 15 is 0 Å². The molecule has 0 aliphatic carbocycles. The zero-order valence-electron chi connectivity index (χ0n) is 17.2. The van der Waals surface area contributed by atoms with E-state index in [1.54, 1.807) is 17.6 Å². The van der Waals surface area contributed by atoms with Crippen molar-refractivity contribution in [3.63, 3.8) is 0 Å². The highest BCUT2D eigenvalue weighted by atomic mass is 16.5. The first-order chi connectivity index (χ1) is 14.4. The Balaban J connectivity index is 1.80. The van der Waals surface area contributed by atoms with Crippen LogP contribution < -0.4 is 16.2 Å². The van der Waals surface area contributed by atoms with Gasteiger partial charge in [0.05, 0.1) is 16.5 Å². The molecule has 0 radical (unpaired) electrons. The van der Waals surface area contributed by atoms with E-state index in [0.717, 1.165) is 37.9 Å². The van der Waals surface area contributed by atoms with Gasteiger partial charge in [-0.3, -0.25) is 19.5 Å². The van der Waals surface area contributed by atoms with Gasteiger partial charge in [0.1, 0.15) is 5.82 Å². The van der Waals surface area contributed by atoms with Gasteiger partial charge in [0.25, 0.3) is 11.5 Å². The Bertz CT molecular complexity index is 1030. The van der Waals surface area contributed by atoms with E-state index in [0.29, 0.717) is 24.0 Å². The maximum atomic E-state index is 12.9. The lowest BCUT2D eigenvalue weighted by atomic mass is 10.1. The number of hydrogen-bond donors (Lipinski definition) is 2. The molecule has 160 valence electrons. The Hall–Kier alpha value is -3.23. The summed E-state index contributed by atoms with van der Waals surface area (Å²) in [6, 6.07) is 3.90. The predicted molar refractivity (Wildman–Crippen MR) is 110 cm³/mol. The van der Waals surface area contributed by atoms with Crippen molar-refractivity contribution in [2.45, 2.75) is 58.6 Å². The van der Waals surface area contributed by atoms with Gasteiger partial charge in [-0.05, 0) is 44.9 Å². The molecule has 3 rings (SSSR count). The highest BCUT2D eigenvalue weighted by molar-refractivity contribution is 5.99. The van der Waals surface area contributed by atoms with E-state index < -0.39 is 24.0 Å². The van der Waals surface area contributed by atoms with E-state index in [2.05, 4.69) is 15.6 Å². The topological polar surface area (TPSA) is 119 Å². The van der Waals surface area contributed by atoms with Gasteiger partial charge >= 0.3 is 12.0 Å². The normalized spacial score (nSPS) is 14.7. The smallest absolute Gasteiger partial charge is 0.338 e. The fraction of sp³-hybridized carbons (Fsp3) is 0.476. The molecule has 2 N–H and O–H groups in total. The number of nitrogens with one attached hydrogen (secondary N) is 2. The second-order valence-electron chi connectivity index (χ2n) is 7.28. The number of fused-ring (bicyclic) bond motifs is 2. The van der Waals surface area contributed by atoms with Gasteiger partial charge in [-0.1, -0.05) is 12.8 Å². The van der Waals surface area contributed by atoms with Crippen molar-refractivity contribution in [1.29, 1.82) is 0 Å². The number of aryl methyl sites for hydroxylation is 1. The molecule has 0 bridgehead atoms. The maximum Gasteiger partial charge on any atom is 0.338 e. The third-order valence-electron chi connectivity index (χ3n) is 5.03. The van der Waals surface area contributed by atoms with Crippen molar-refractivity contribution in [2.24, 2.45) is 0 Å². The molecule has 9 heteroatoms. The molecule has 0 unspecified atom stereocenters. The summed E-state index contributed by atoms with van der Waals surface area (Å²) in [4.78, 5) is 53.4. The van der Waals surface area contributed by atoms with Crippen molar-refractivity contribution >= 4 is 28.8 Å². The summed E-state index contributed by atoms with van der Waals surface area (Å²) in [5.74, 6) is -0.732. The van der Waals surface area contributed by atoms with Gasteiger partial charge < -0.3 is 10.1 Å². The van der Waals surface area contributed by atoms with Crippen LogP contribution in [0.1, 0.15) is 55.7 Å². The van der Waals surface area contributed by atoms with Crippen molar-refractivity contribution in [3.05, 3.63) is 39.9 Å². The fourth-order valence-corrected chi connectivity index (χ4v) is 3.42. The monoisotopic (exact) mass is 414 g/mol. The molecule has 1 atom stereocenters. The molecule has 30 heavy (non-hydrogen) atoms. The summed E-state index contributed by atoms with van der Waals surface area (Å²) in [6.45, 7) is 4.11. The first-order valence-corrected chi connectivity index (χ1v) is 10.2. The number of amides is 3. The Morgan fingerprint density at radius 2 is 1.97 bits per heavy atom. The summed E-state index contributed by atoms with van der Waals surface area (Å²) in [7, 11) is 0. The zero-order valence-corrected chi connectivity index (χ0v) is 17.2. The quantitative estimate of drug-likeness (QED) is 0.738. The molecular formula is C21H26N4O5. The molecule has 2 aromatic rings. The molecule has 0 spiro atoms. The van der Waals surface area contributed by atoms with Crippen molar-refractivity contribution < 1.29 is 19.1 Å². The van der Waals surface area contributed by atoms with Crippen molar-refractivity contribution in [2.75, 3.05) is 6.54 Å². The summed E-state index contributed by atoms with van der Waals surface area (Å²) in [6.07, 6.45) is 3.68. The van der Waals surface area contributed by atoms with Crippen molar-refractivity contribution in [3.8, 4) is 0 Å². The van der Waals surface area contributed by atoms with Crippen LogP contribution in [0.15, 0.2) is 23.0 Å². The number of ether oxygens (including phenoxy) is 1. The van der Waals surface area contributed by atoms with Gasteiger partial charge in [0, 0.05) is 19.5 Å². The Labute approximate surface area is 173 Å². The van der Waals surface area contributed by atoms with Crippen molar-refractivity contribution in [1.82, 2.24) is 20.2 Å². The lowest BCUT2D eigenvalue weighted by Gasteiger charge is -2.16. The molecule has 0 saturated heterocycles. The van der Waals surface area contributed by atoms with Crippen LogP contribution in [0.3, 0.4) is 0 Å². The molecule has 3 amide bonds. The number of nitrogens with zero attached hydrogens (tertiary/aromatic N) is 2. The second-order valence-corrected chi connectivity index (χ2v) is 7.28. The van der Waals surface area contributed by atoms with Gasteiger partial charge in [-0.25, -0.2) is 14.6 Å². The Morgan fingerprint density at radius 1 is 1.20 bits per heavy atom. The lowest BCUT2D eigenvalue weighted by Crippen LogP contribution is -2.44. The summed E-state index contributed by atoms with van der Waals surface area (Å²) >= 11 is 0. The molecule has 1 aromatic heterocycles. The standard InChI is InChI=1S/C21H26N4O5/c1-3-22-21(29)24-18(26)13(2)30-20(28)14-9-10-15-16(12-14)23-17-8-6-4-5-7-11-25(17)19(15)27/h9-10,12-13H,3-8,11H2,1-2H3,(H2,22,24,26,29)/t13-/m0/s1. The Kier molecular flexibility index (Phi) is 6.81. The van der Waals surface area contributed by atoms with Crippen LogP contribution in [0.5, 0.6) is 0 Å². The van der Waals surface area contributed by atoms with E-state index in [9.17, 15) is 19.2 Å². The minimum atomic E-state index is -1.16. The number of carbonyl (C=O) groups excluding carboxylic acids is 3. The highest BCUT2D eigenvalue weighted by Gasteiger charge is 2.21. The van der Waals surface area contributed by atoms with Crippen LogP contribution in [0.25, 0.3) is 10.9 Å². The van der Waals surface area contributed by atoms with E-state index in [-0.39, 0.29) is 11.1 Å². The predicted octanol–water partition coefficient (Wildman–Crippen LogP) is 1.90. The number of esters is 1. The number of imide groups is 1. The number of rotatable bonds is 4. The molecule has 0 saturated carbocycles. The first kappa shape index (κ1) is 21.5. The molecule has 9 nitrogen and oxygen atoms in total. The first-order valence-electron chi connectivity index (χ1n) is 10.2. The van der Waals surface area contributed by atoms with E-state index in [1.165, 1.54) is 19.1 Å². The molecule has 1 aliphatic rings. The summed E-state index contributed by atoms with van der Waals surface area (Å²) in [5.41, 5.74) is 0.509. The molecular weight excluding hydrogens is 388 g/mol. The summed E-state index contributed by atoms with van der Waals surface area (Å²) < 4.78 is 6.89. The molecule has 1 aromatic carbocycles. The lowest BCUT2D eigenvalue weighted by molar-refractivity contribution is -0.127. The minimum Gasteiger partial charge on any atom is -0.449 e. The minimum absolute atomic E-state index is 0.105. The third-order valence-corrected chi connectivity index (χ3v) is 5.03. The van der Waals surface area contributed by atoms with Crippen LogP contribution in [-0.4, -0.2) is 40.1 Å². The molecule has 2 heterocycles. The van der Waals surface area contributed by atoms with Crippen LogP contribution >= 0.6 is 0 Å². The maximum absolute atomic E-state index is 12.9. The summed E-state index contributed by atoms with van der Waals surface area (Å²) in [5, 5.41) is 4.96. The number of hydrogen-bond acceptors (Lipinski definition) is 6. The zero-order chi connectivity index (χ0) is 21.7. The number of aromatic nitrogens is 2. The second kappa shape index (κ2) is 9.51. The van der Waals surface area contributed by atoms with Gasteiger partial charge in [0.2, 0.25) is 0 Å². The van der Waals surface area contributed by atoms with Crippen LogP contribution in [0, 0.1) is 0 Å². The number of urea groups is 1. The van der Waals surface area contributed by atoms with Gasteiger partial charge in [-0.15, -0.1) is 0 Å². The highest BCUT2D eigenvalue weighted by Crippen LogP contribution is 2.17. The largest absolute Gasteiger partial charge is 0.449 e. The Morgan fingerprint density at radius 3 is 2.73 bits per heavy atom. The SMILES string of the molecule is CCNC(=O)NC(=O)[C@H](C)OC(=O)c1ccc2c(=O)n3c(nc2c1)CCCCCC3. The van der Waals surface area contributed by atoms with Crippen LogP contribution in [0.2, 0.25) is 0 Å². The van der Waals surface area contributed by atoms with Gasteiger partial charge in [0.15, 0.2) is 6.10 Å². The average molecular weight is 414 g/mol. The van der Waals surface area contributed by atoms with E-state index in [4.69, 9.17) is 4.74 Å². The third kappa shape index (κ3) is 4.84. The molecule has 1 aliphatic heterocycles. The van der Waals surface area contributed by atoms with E-state index in [1.807, 2.05) is 0 Å². The molecule has 0 fully saturated rings. The fourth-order valence-electron chi connectivity index (χ4n) is 3.42. The van der Waals surface area contributed by atoms with Gasteiger partial charge in [-0.2, -0.15) is 0 Å². The van der Waals surface area contributed by atoms with Crippen LogP contribution in [0.4, 0.5) is 4.79 Å². The number of carbonyl (C=O) groups is 3. The number of benzene rings is 1.